The zero-order valence-electron chi connectivity index (χ0n) is 27.9. The highest BCUT2D eigenvalue weighted by molar-refractivity contribution is 6.14. The molecule has 0 saturated carbocycles. The average molecular weight is 671 g/mol. The van der Waals surface area contributed by atoms with Crippen LogP contribution in [0.4, 0.5) is 0 Å². The second-order valence-corrected chi connectivity index (χ2v) is 13.4. The van der Waals surface area contributed by atoms with E-state index < -0.39 is 0 Å². The van der Waals surface area contributed by atoms with E-state index in [1.807, 2.05) is 42.5 Å². The van der Waals surface area contributed by atoms with Crippen LogP contribution in [0, 0.1) is 0 Å². The molecule has 6 heteroatoms. The number of aliphatic imine (C=N–C) groups is 1. The fourth-order valence-electron chi connectivity index (χ4n) is 8.04. The van der Waals surface area contributed by atoms with Crippen molar-refractivity contribution in [2.75, 3.05) is 0 Å². The third-order valence-corrected chi connectivity index (χ3v) is 10.4. The summed E-state index contributed by atoms with van der Waals surface area (Å²) in [5.74, 6) is 0.818. The van der Waals surface area contributed by atoms with Gasteiger partial charge in [0, 0.05) is 32.8 Å². The quantitative estimate of drug-likeness (QED) is 0.195. The average Bonchev–Trinajstić information content (AvgIpc) is 3.77. The Morgan fingerprint density at radius 1 is 0.519 bits per heavy atom. The first-order valence-electron chi connectivity index (χ1n) is 17.6. The Hall–Kier alpha value is -6.76. The fourth-order valence-corrected chi connectivity index (χ4v) is 8.04. The lowest BCUT2D eigenvalue weighted by molar-refractivity contribution is 0.413. The lowest BCUT2D eigenvalue weighted by atomic mass is 9.90. The molecule has 0 amide bonds. The molecule has 11 rings (SSSR count). The summed E-state index contributed by atoms with van der Waals surface area (Å²) >= 11 is 0. The number of fused-ring (bicyclic) bond motifs is 8. The number of rotatable bonds is 4. The molecule has 2 atom stereocenters. The minimum atomic E-state index is -0.378. The molecular weight excluding hydrogens is 641 g/mol. The molecule has 4 heterocycles. The van der Waals surface area contributed by atoms with Gasteiger partial charge in [-0.3, -0.25) is 5.32 Å². The second-order valence-electron chi connectivity index (χ2n) is 13.4. The van der Waals surface area contributed by atoms with E-state index in [1.54, 1.807) is 0 Å². The van der Waals surface area contributed by atoms with Crippen LogP contribution < -0.4 is 10.6 Å². The number of amidine groups is 1. The smallest absolute Gasteiger partial charge is 0.154 e. The summed E-state index contributed by atoms with van der Waals surface area (Å²) in [6.45, 7) is 0. The van der Waals surface area contributed by atoms with Crippen LogP contribution in [0.25, 0.3) is 76.8 Å². The summed E-state index contributed by atoms with van der Waals surface area (Å²) in [5.41, 5.74) is 10.4. The SMILES string of the molecule is c1ccc(C2=NC(c3cccc4oc5ccccc5c34)NC(c3c(-c4cccc5oc6cc7ccccc7nc6c45)ccc4ccccc34)N2)cc1. The number of hydrogen-bond donors (Lipinski definition) is 2. The molecule has 246 valence electrons. The molecule has 2 N–H and O–H groups in total. The minimum absolute atomic E-state index is 0.325. The predicted molar refractivity (Wildman–Crippen MR) is 210 cm³/mol. The van der Waals surface area contributed by atoms with E-state index in [9.17, 15) is 0 Å². The van der Waals surface area contributed by atoms with E-state index in [-0.39, 0.29) is 12.3 Å². The Kier molecular flexibility index (Phi) is 6.35. The van der Waals surface area contributed by atoms with E-state index >= 15 is 0 Å². The van der Waals surface area contributed by atoms with Crippen LogP contribution in [0.1, 0.15) is 29.0 Å². The van der Waals surface area contributed by atoms with Gasteiger partial charge in [0.15, 0.2) is 5.58 Å². The number of nitrogens with zero attached hydrogens (tertiary/aromatic N) is 2. The molecule has 7 aromatic carbocycles. The standard InChI is InChI=1S/C46H30N4O2/c1-2-13-28(14-3-1)44-48-45(34-19-11-22-37-40(34)33-17-7-9-21-36(33)51-37)50-46(49-44)41-30-16-6-4-12-27(30)24-25-32(41)31-18-10-23-38-42(31)43-39(52-38)26-29-15-5-8-20-35(29)47-43/h1-26,45-46,50H,(H,48,49). The Morgan fingerprint density at radius 3 is 2.13 bits per heavy atom. The van der Waals surface area contributed by atoms with Gasteiger partial charge in [-0.25, -0.2) is 9.98 Å². The van der Waals surface area contributed by atoms with Gasteiger partial charge in [0.25, 0.3) is 0 Å². The summed E-state index contributed by atoms with van der Waals surface area (Å²) in [4.78, 5) is 10.5. The maximum Gasteiger partial charge on any atom is 0.154 e. The van der Waals surface area contributed by atoms with E-state index in [0.29, 0.717) is 0 Å². The molecule has 1 aliphatic rings. The second kappa shape index (κ2) is 11.4. The van der Waals surface area contributed by atoms with Crippen LogP contribution in [-0.4, -0.2) is 10.8 Å². The Bertz CT molecular complexity index is 3050. The van der Waals surface area contributed by atoms with E-state index in [1.165, 1.54) is 0 Å². The lowest BCUT2D eigenvalue weighted by Crippen LogP contribution is -2.45. The van der Waals surface area contributed by atoms with Gasteiger partial charge in [-0.1, -0.05) is 127 Å². The highest BCUT2D eigenvalue weighted by Crippen LogP contribution is 2.43. The van der Waals surface area contributed by atoms with Crippen molar-refractivity contribution in [3.05, 3.63) is 174 Å². The minimum Gasteiger partial charge on any atom is -0.456 e. The van der Waals surface area contributed by atoms with Crippen molar-refractivity contribution in [1.29, 1.82) is 0 Å². The molecule has 0 aliphatic carbocycles. The van der Waals surface area contributed by atoms with Crippen LogP contribution in [0.2, 0.25) is 0 Å². The highest BCUT2D eigenvalue weighted by atomic mass is 16.3. The van der Waals surface area contributed by atoms with E-state index in [4.69, 9.17) is 18.8 Å². The number of aromatic nitrogens is 1. The monoisotopic (exact) mass is 670 g/mol. The van der Waals surface area contributed by atoms with Gasteiger partial charge in [-0.15, -0.1) is 0 Å². The number of benzene rings is 7. The van der Waals surface area contributed by atoms with Crippen molar-refractivity contribution >= 4 is 71.5 Å². The first kappa shape index (κ1) is 29.0. The van der Waals surface area contributed by atoms with Gasteiger partial charge in [0.2, 0.25) is 0 Å². The number of nitrogens with one attached hydrogen (secondary N) is 2. The zero-order valence-corrected chi connectivity index (χ0v) is 27.9. The molecule has 0 fully saturated rings. The molecule has 0 saturated heterocycles. The lowest BCUT2D eigenvalue weighted by Gasteiger charge is -2.34. The van der Waals surface area contributed by atoms with Crippen LogP contribution in [-0.2, 0) is 0 Å². The van der Waals surface area contributed by atoms with Crippen molar-refractivity contribution in [1.82, 2.24) is 15.6 Å². The van der Waals surface area contributed by atoms with Gasteiger partial charge < -0.3 is 14.2 Å². The number of para-hydroxylation sites is 2. The molecular formula is C46H30N4O2. The number of furan rings is 2. The summed E-state index contributed by atoms with van der Waals surface area (Å²) < 4.78 is 12.8. The molecule has 0 bridgehead atoms. The molecule has 1 aliphatic heterocycles. The summed E-state index contributed by atoms with van der Waals surface area (Å²) in [6.07, 6.45) is -0.703. The van der Waals surface area contributed by atoms with Crippen molar-refractivity contribution in [3.63, 3.8) is 0 Å². The molecule has 3 aromatic heterocycles. The first-order chi connectivity index (χ1) is 25.8. The van der Waals surface area contributed by atoms with Gasteiger partial charge in [-0.05, 0) is 52.2 Å². The zero-order chi connectivity index (χ0) is 34.2. The maximum atomic E-state index is 6.49. The Morgan fingerprint density at radius 2 is 1.23 bits per heavy atom. The van der Waals surface area contributed by atoms with Gasteiger partial charge in [0.1, 0.15) is 40.4 Å². The summed E-state index contributed by atoms with van der Waals surface area (Å²) in [7, 11) is 0. The van der Waals surface area contributed by atoms with Crippen molar-refractivity contribution < 1.29 is 8.83 Å². The van der Waals surface area contributed by atoms with Crippen LogP contribution in [0.3, 0.4) is 0 Å². The van der Waals surface area contributed by atoms with Crippen LogP contribution in [0.15, 0.2) is 172 Å². The largest absolute Gasteiger partial charge is 0.456 e. The highest BCUT2D eigenvalue weighted by Gasteiger charge is 2.31. The Balaban J connectivity index is 1.16. The predicted octanol–water partition coefficient (Wildman–Crippen LogP) is 11.2. The number of hydrogen-bond acceptors (Lipinski definition) is 6. The van der Waals surface area contributed by atoms with Gasteiger partial charge >= 0.3 is 0 Å². The maximum absolute atomic E-state index is 6.49. The number of pyridine rings is 1. The summed E-state index contributed by atoms with van der Waals surface area (Å²) in [5, 5.41) is 14.3. The first-order valence-corrected chi connectivity index (χ1v) is 17.6. The van der Waals surface area contributed by atoms with Crippen LogP contribution in [0.5, 0.6) is 0 Å². The molecule has 0 spiro atoms. The van der Waals surface area contributed by atoms with E-state index in [0.717, 1.165) is 99.3 Å². The normalized spacial score (nSPS) is 16.3. The molecule has 52 heavy (non-hydrogen) atoms. The Labute approximate surface area is 298 Å². The molecule has 6 nitrogen and oxygen atoms in total. The van der Waals surface area contributed by atoms with Gasteiger partial charge in [0.05, 0.1) is 10.9 Å². The molecule has 0 radical (unpaired) electrons. The van der Waals surface area contributed by atoms with Crippen LogP contribution >= 0.6 is 0 Å². The van der Waals surface area contributed by atoms with Gasteiger partial charge in [-0.2, -0.15) is 0 Å². The molecule has 10 aromatic rings. The van der Waals surface area contributed by atoms with E-state index in [2.05, 4.69) is 126 Å². The fraction of sp³-hybridized carbons (Fsp3) is 0.0435. The van der Waals surface area contributed by atoms with Crippen molar-refractivity contribution in [2.24, 2.45) is 4.99 Å². The third kappa shape index (κ3) is 4.48. The van der Waals surface area contributed by atoms with Crippen molar-refractivity contribution in [2.45, 2.75) is 12.3 Å². The summed E-state index contributed by atoms with van der Waals surface area (Å²) in [6, 6.07) is 54.5. The molecule has 2 unspecified atom stereocenters. The van der Waals surface area contributed by atoms with Crippen molar-refractivity contribution in [3.8, 4) is 11.1 Å². The topological polar surface area (TPSA) is 75.6 Å². The third-order valence-electron chi connectivity index (χ3n) is 10.4.